The van der Waals surface area contributed by atoms with E-state index in [4.69, 9.17) is 5.73 Å². The van der Waals surface area contributed by atoms with Gasteiger partial charge in [-0.25, -0.2) is 0 Å². The molecule has 3 N–H and O–H groups in total. The Morgan fingerprint density at radius 1 is 1.00 bits per heavy atom. The molecular weight excluding hydrogens is 270 g/mol. The lowest BCUT2D eigenvalue weighted by Gasteiger charge is -2.30. The largest absolute Gasteiger partial charge is 0.391 e. The van der Waals surface area contributed by atoms with E-state index in [2.05, 4.69) is 38.1 Å². The van der Waals surface area contributed by atoms with Gasteiger partial charge in [-0.05, 0) is 35.8 Å². The summed E-state index contributed by atoms with van der Waals surface area (Å²) in [5.41, 5.74) is 8.63. The summed E-state index contributed by atoms with van der Waals surface area (Å²) in [6.45, 7) is 4.37. The van der Waals surface area contributed by atoms with Crippen molar-refractivity contribution in [1.29, 1.82) is 0 Å². The van der Waals surface area contributed by atoms with Gasteiger partial charge in [0.1, 0.15) is 0 Å². The molecule has 0 bridgehead atoms. The first-order valence-electron chi connectivity index (χ1n) is 7.63. The zero-order chi connectivity index (χ0) is 13.8. The third kappa shape index (κ3) is 4.21. The average Bonchev–Trinajstić information content (AvgIpc) is 2.46. The van der Waals surface area contributed by atoms with E-state index in [-0.39, 0.29) is 18.4 Å². The van der Waals surface area contributed by atoms with Crippen LogP contribution in [0.3, 0.4) is 0 Å². The molecule has 2 rings (SSSR count). The molecule has 0 amide bonds. The number of hydrogen-bond acceptors (Lipinski definition) is 2. The molecule has 1 aromatic rings. The molecule has 0 aliphatic heterocycles. The van der Waals surface area contributed by atoms with Crippen molar-refractivity contribution in [2.75, 3.05) is 0 Å². The van der Waals surface area contributed by atoms with Crippen molar-refractivity contribution in [3.05, 3.63) is 35.4 Å². The van der Waals surface area contributed by atoms with Gasteiger partial charge in [0.05, 0.1) is 12.1 Å². The molecule has 0 unspecified atom stereocenters. The molecule has 3 heteroatoms. The first kappa shape index (κ1) is 17.5. The fraction of sp³-hybridized carbons (Fsp3) is 0.647. The van der Waals surface area contributed by atoms with E-state index in [1.807, 2.05) is 0 Å². The van der Waals surface area contributed by atoms with Gasteiger partial charge in [-0.3, -0.25) is 0 Å². The van der Waals surface area contributed by atoms with Crippen molar-refractivity contribution in [1.82, 2.24) is 0 Å². The SMILES string of the molecule is CC(C)c1ccc([C@H](N)[C@H](O)C2CCCCC2)cc1.Cl. The molecule has 1 aliphatic rings. The Morgan fingerprint density at radius 2 is 1.50 bits per heavy atom. The van der Waals surface area contributed by atoms with Gasteiger partial charge >= 0.3 is 0 Å². The Labute approximate surface area is 129 Å². The van der Waals surface area contributed by atoms with Crippen molar-refractivity contribution in [2.24, 2.45) is 11.7 Å². The van der Waals surface area contributed by atoms with Gasteiger partial charge in [-0.2, -0.15) is 0 Å². The standard InChI is InChI=1S/C17H27NO.ClH/c1-12(2)13-8-10-14(11-9-13)16(18)17(19)15-6-4-3-5-7-15;/h8-12,15-17,19H,3-7,18H2,1-2H3;1H/t16-,17+;/m0./s1. The summed E-state index contributed by atoms with van der Waals surface area (Å²) in [4.78, 5) is 0. The van der Waals surface area contributed by atoms with E-state index in [0.29, 0.717) is 11.8 Å². The molecule has 1 saturated carbocycles. The molecule has 114 valence electrons. The molecule has 2 nitrogen and oxygen atoms in total. The summed E-state index contributed by atoms with van der Waals surface area (Å²) in [7, 11) is 0. The maximum absolute atomic E-state index is 10.4. The Balaban J connectivity index is 0.00000200. The first-order valence-corrected chi connectivity index (χ1v) is 7.63. The predicted molar refractivity (Wildman–Crippen MR) is 87.3 cm³/mol. The quantitative estimate of drug-likeness (QED) is 0.876. The highest BCUT2D eigenvalue weighted by Gasteiger charge is 2.27. The lowest BCUT2D eigenvalue weighted by atomic mass is 9.81. The van der Waals surface area contributed by atoms with E-state index in [1.54, 1.807) is 0 Å². The summed E-state index contributed by atoms with van der Waals surface area (Å²) in [6, 6.07) is 8.17. The molecular formula is C17H28ClNO. The second-order valence-corrected chi connectivity index (χ2v) is 6.24. The molecule has 1 aliphatic carbocycles. The number of benzene rings is 1. The number of hydrogen-bond donors (Lipinski definition) is 2. The lowest BCUT2D eigenvalue weighted by molar-refractivity contribution is 0.0618. The van der Waals surface area contributed by atoms with Crippen molar-refractivity contribution in [3.8, 4) is 0 Å². The Hall–Kier alpha value is -0.570. The second-order valence-electron chi connectivity index (χ2n) is 6.24. The highest BCUT2D eigenvalue weighted by molar-refractivity contribution is 5.85. The second kappa shape index (κ2) is 8.02. The molecule has 1 fully saturated rings. The van der Waals surface area contributed by atoms with Gasteiger partial charge in [0.15, 0.2) is 0 Å². The van der Waals surface area contributed by atoms with E-state index in [9.17, 15) is 5.11 Å². The van der Waals surface area contributed by atoms with Crippen molar-refractivity contribution in [2.45, 2.75) is 64.0 Å². The number of aliphatic hydroxyl groups is 1. The third-order valence-corrected chi connectivity index (χ3v) is 4.49. The van der Waals surface area contributed by atoms with Crippen LogP contribution in [-0.4, -0.2) is 11.2 Å². The molecule has 0 radical (unpaired) electrons. The van der Waals surface area contributed by atoms with Crippen molar-refractivity contribution in [3.63, 3.8) is 0 Å². The minimum Gasteiger partial charge on any atom is -0.391 e. The summed E-state index contributed by atoms with van der Waals surface area (Å²) in [5, 5.41) is 10.4. The molecule has 1 aromatic carbocycles. The van der Waals surface area contributed by atoms with Crippen LogP contribution in [0.5, 0.6) is 0 Å². The topological polar surface area (TPSA) is 46.2 Å². The first-order chi connectivity index (χ1) is 9.09. The number of rotatable bonds is 4. The van der Waals surface area contributed by atoms with Crippen LogP contribution in [0.25, 0.3) is 0 Å². The number of aliphatic hydroxyl groups excluding tert-OH is 1. The average molecular weight is 298 g/mol. The van der Waals surface area contributed by atoms with Crippen LogP contribution in [0.4, 0.5) is 0 Å². The van der Waals surface area contributed by atoms with Gasteiger partial charge in [-0.1, -0.05) is 57.4 Å². The van der Waals surface area contributed by atoms with Crippen LogP contribution < -0.4 is 5.73 Å². The van der Waals surface area contributed by atoms with Gasteiger partial charge in [0.2, 0.25) is 0 Å². The summed E-state index contributed by atoms with van der Waals surface area (Å²) >= 11 is 0. The van der Waals surface area contributed by atoms with Crippen LogP contribution in [-0.2, 0) is 0 Å². The number of nitrogens with two attached hydrogens (primary N) is 1. The van der Waals surface area contributed by atoms with E-state index >= 15 is 0 Å². The monoisotopic (exact) mass is 297 g/mol. The Morgan fingerprint density at radius 3 is 2.00 bits per heavy atom. The normalized spacial score (nSPS) is 19.4. The molecule has 0 spiro atoms. The summed E-state index contributed by atoms with van der Waals surface area (Å²) < 4.78 is 0. The van der Waals surface area contributed by atoms with E-state index in [0.717, 1.165) is 18.4 Å². The highest BCUT2D eigenvalue weighted by atomic mass is 35.5. The Kier molecular flexibility index (Phi) is 7.01. The fourth-order valence-electron chi connectivity index (χ4n) is 3.07. The molecule has 0 aromatic heterocycles. The zero-order valence-corrected chi connectivity index (χ0v) is 13.4. The van der Waals surface area contributed by atoms with E-state index < -0.39 is 6.10 Å². The van der Waals surface area contributed by atoms with Crippen LogP contribution in [0.2, 0.25) is 0 Å². The molecule has 0 heterocycles. The maximum atomic E-state index is 10.4. The van der Waals surface area contributed by atoms with Gasteiger partial charge in [0.25, 0.3) is 0 Å². The van der Waals surface area contributed by atoms with Crippen molar-refractivity contribution < 1.29 is 5.11 Å². The smallest absolute Gasteiger partial charge is 0.0760 e. The fourth-order valence-corrected chi connectivity index (χ4v) is 3.07. The maximum Gasteiger partial charge on any atom is 0.0760 e. The highest BCUT2D eigenvalue weighted by Crippen LogP contribution is 2.31. The van der Waals surface area contributed by atoms with E-state index in [1.165, 1.54) is 24.8 Å². The van der Waals surface area contributed by atoms with Gasteiger partial charge in [0, 0.05) is 0 Å². The third-order valence-electron chi connectivity index (χ3n) is 4.49. The number of halogens is 1. The van der Waals surface area contributed by atoms with Crippen LogP contribution >= 0.6 is 12.4 Å². The van der Waals surface area contributed by atoms with Gasteiger partial charge in [-0.15, -0.1) is 12.4 Å². The zero-order valence-electron chi connectivity index (χ0n) is 12.6. The van der Waals surface area contributed by atoms with Crippen LogP contribution in [0, 0.1) is 5.92 Å². The minimum absolute atomic E-state index is 0. The minimum atomic E-state index is -0.398. The molecule has 20 heavy (non-hydrogen) atoms. The predicted octanol–water partition coefficient (Wildman–Crippen LogP) is 4.17. The Bertz CT molecular complexity index is 384. The van der Waals surface area contributed by atoms with Crippen LogP contribution in [0.15, 0.2) is 24.3 Å². The van der Waals surface area contributed by atoms with Crippen molar-refractivity contribution >= 4 is 12.4 Å². The molecule has 2 atom stereocenters. The summed E-state index contributed by atoms with van der Waals surface area (Å²) in [6.07, 6.45) is 5.63. The lowest BCUT2D eigenvalue weighted by Crippen LogP contribution is -2.34. The summed E-state index contributed by atoms with van der Waals surface area (Å²) in [5.74, 6) is 0.919. The van der Waals surface area contributed by atoms with Gasteiger partial charge < -0.3 is 10.8 Å². The van der Waals surface area contributed by atoms with Crippen LogP contribution in [0.1, 0.15) is 69.0 Å². The molecule has 0 saturated heterocycles.